The smallest absolute Gasteiger partial charge is 0.270 e. The molecule has 2 N–H and O–H groups in total. The maximum atomic E-state index is 12.6. The number of para-hydroxylation sites is 2. The molecule has 2 aromatic heterocycles. The number of anilines is 1. The van der Waals surface area contributed by atoms with Crippen LogP contribution in [0.1, 0.15) is 0 Å². The number of rotatable bonds is 5. The third-order valence-corrected chi connectivity index (χ3v) is 9.50. The van der Waals surface area contributed by atoms with Crippen LogP contribution in [0.3, 0.4) is 0 Å². The molecule has 0 fully saturated rings. The first kappa shape index (κ1) is 26.7. The average molecular weight is 575 g/mol. The highest BCUT2D eigenvalue weighted by Crippen LogP contribution is 2.25. The fourth-order valence-electron chi connectivity index (χ4n) is 4.19. The fourth-order valence-corrected chi connectivity index (χ4v) is 7.00. The molecule has 0 unspecified atom stereocenters. The number of nitro groups is 1. The molecule has 0 spiro atoms. The number of nitro benzene ring substituents is 1. The Balaban J connectivity index is 0.000000162. The first-order valence-corrected chi connectivity index (χ1v) is 14.7. The molecule has 12 heteroatoms. The van der Waals surface area contributed by atoms with Crippen LogP contribution >= 0.6 is 0 Å². The lowest BCUT2D eigenvalue weighted by Gasteiger charge is -2.08. The molecule has 4 aromatic carbocycles. The van der Waals surface area contributed by atoms with Gasteiger partial charge in [0.05, 0.1) is 25.7 Å². The quantitative estimate of drug-likeness (QED) is 0.168. The first-order chi connectivity index (χ1) is 19.1. The molecular weight excluding hydrogens is 552 g/mol. The lowest BCUT2D eigenvalue weighted by Crippen LogP contribution is -2.11. The van der Waals surface area contributed by atoms with E-state index in [1.54, 1.807) is 60.8 Å². The lowest BCUT2D eigenvalue weighted by atomic mass is 10.3. The van der Waals surface area contributed by atoms with E-state index in [4.69, 9.17) is 5.73 Å². The zero-order valence-electron chi connectivity index (χ0n) is 20.7. The molecule has 2 heterocycles. The molecule has 0 amide bonds. The van der Waals surface area contributed by atoms with Crippen LogP contribution < -0.4 is 5.73 Å². The Hall–Kier alpha value is -4.94. The van der Waals surface area contributed by atoms with Crippen LogP contribution in [0.15, 0.2) is 131 Å². The molecule has 0 bridgehead atoms. The van der Waals surface area contributed by atoms with Crippen LogP contribution in [0.4, 0.5) is 11.4 Å². The molecular formula is C28H22N4O6S2. The summed E-state index contributed by atoms with van der Waals surface area (Å²) in [5.74, 6) is 0. The highest BCUT2D eigenvalue weighted by atomic mass is 32.2. The molecule has 0 saturated heterocycles. The van der Waals surface area contributed by atoms with Crippen LogP contribution in [0.25, 0.3) is 21.8 Å². The number of benzene rings is 4. The summed E-state index contributed by atoms with van der Waals surface area (Å²) in [5.41, 5.74) is 7.01. The molecule has 0 atom stereocenters. The van der Waals surface area contributed by atoms with Crippen molar-refractivity contribution in [1.29, 1.82) is 0 Å². The average Bonchev–Trinajstić information content (AvgIpc) is 3.59. The monoisotopic (exact) mass is 574 g/mol. The number of non-ortho nitro benzene ring substituents is 1. The van der Waals surface area contributed by atoms with Gasteiger partial charge in [0.15, 0.2) is 0 Å². The van der Waals surface area contributed by atoms with Crippen LogP contribution in [-0.2, 0) is 20.0 Å². The van der Waals surface area contributed by atoms with Gasteiger partial charge in [0, 0.05) is 41.0 Å². The van der Waals surface area contributed by atoms with E-state index in [9.17, 15) is 26.9 Å². The summed E-state index contributed by atoms with van der Waals surface area (Å²) in [6, 6.07) is 29.2. The van der Waals surface area contributed by atoms with Crippen molar-refractivity contribution >= 4 is 53.2 Å². The highest BCUT2D eigenvalue weighted by molar-refractivity contribution is 7.90. The number of nitrogen functional groups attached to an aromatic ring is 1. The second-order valence-corrected chi connectivity index (χ2v) is 12.3. The predicted octanol–water partition coefficient (Wildman–Crippen LogP) is 5.25. The molecule has 0 radical (unpaired) electrons. The molecule has 0 aliphatic rings. The van der Waals surface area contributed by atoms with Gasteiger partial charge >= 0.3 is 0 Å². The van der Waals surface area contributed by atoms with E-state index in [0.717, 1.165) is 20.8 Å². The summed E-state index contributed by atoms with van der Waals surface area (Å²) in [4.78, 5) is 10.2. The third-order valence-electron chi connectivity index (χ3n) is 6.13. The molecule has 0 aliphatic carbocycles. The fraction of sp³-hybridized carbons (Fsp3) is 0. The standard InChI is InChI=1S/C14H10N2O4S.C14H12N2O2S/c17-16(18)12-5-3-6-13(10-12)21(19,20)15-9-8-11-4-1-2-7-14(11)15;15-12-5-3-6-13(10-12)19(17,18)16-9-8-11-4-1-2-7-14(11)16/h1-10H;1-10H,15H2. The molecule has 40 heavy (non-hydrogen) atoms. The van der Waals surface area contributed by atoms with Crippen molar-refractivity contribution in [2.24, 2.45) is 0 Å². The Morgan fingerprint density at radius 2 is 1.07 bits per heavy atom. The number of nitrogens with zero attached hydrogens (tertiary/aromatic N) is 3. The van der Waals surface area contributed by atoms with Crippen molar-refractivity contribution in [2.45, 2.75) is 9.79 Å². The van der Waals surface area contributed by atoms with Crippen LogP contribution in [0.5, 0.6) is 0 Å². The van der Waals surface area contributed by atoms with Crippen molar-refractivity contribution in [3.63, 3.8) is 0 Å². The summed E-state index contributed by atoms with van der Waals surface area (Å²) in [6.07, 6.45) is 3.00. The van der Waals surface area contributed by atoms with Gasteiger partial charge in [-0.25, -0.2) is 24.8 Å². The third kappa shape index (κ3) is 4.93. The van der Waals surface area contributed by atoms with Gasteiger partial charge in [-0.05, 0) is 48.5 Å². The minimum atomic E-state index is -3.87. The number of hydrogen-bond donors (Lipinski definition) is 1. The molecule has 10 nitrogen and oxygen atoms in total. The largest absolute Gasteiger partial charge is 0.399 e. The number of hydrogen-bond acceptors (Lipinski definition) is 7. The van der Waals surface area contributed by atoms with E-state index in [-0.39, 0.29) is 15.5 Å². The predicted molar refractivity (Wildman–Crippen MR) is 153 cm³/mol. The van der Waals surface area contributed by atoms with Gasteiger partial charge in [-0.3, -0.25) is 10.1 Å². The maximum absolute atomic E-state index is 12.6. The van der Waals surface area contributed by atoms with Crippen molar-refractivity contribution < 1.29 is 21.8 Å². The Morgan fingerprint density at radius 1 is 0.600 bits per heavy atom. The molecule has 202 valence electrons. The second-order valence-electron chi connectivity index (χ2n) is 8.68. The Morgan fingerprint density at radius 3 is 1.57 bits per heavy atom. The van der Waals surface area contributed by atoms with E-state index in [2.05, 4.69) is 0 Å². The zero-order valence-corrected chi connectivity index (χ0v) is 22.4. The van der Waals surface area contributed by atoms with Gasteiger partial charge in [0.2, 0.25) is 0 Å². The van der Waals surface area contributed by atoms with Crippen LogP contribution in [-0.4, -0.2) is 29.7 Å². The highest BCUT2D eigenvalue weighted by Gasteiger charge is 2.21. The Labute approximate surface area is 229 Å². The van der Waals surface area contributed by atoms with Crippen molar-refractivity contribution in [1.82, 2.24) is 7.94 Å². The van der Waals surface area contributed by atoms with Gasteiger partial charge in [-0.1, -0.05) is 48.5 Å². The summed E-state index contributed by atoms with van der Waals surface area (Å²) in [5, 5.41) is 12.5. The Bertz CT molecular complexity index is 2100. The van der Waals surface area contributed by atoms with Crippen LogP contribution in [0.2, 0.25) is 0 Å². The summed E-state index contributed by atoms with van der Waals surface area (Å²) >= 11 is 0. The minimum absolute atomic E-state index is 0.113. The SMILES string of the molecule is Nc1cccc(S(=O)(=O)n2ccc3ccccc32)c1.O=[N+]([O-])c1cccc(S(=O)(=O)n2ccc3ccccc32)c1. The number of aromatic nitrogens is 2. The minimum Gasteiger partial charge on any atom is -0.399 e. The van der Waals surface area contributed by atoms with E-state index in [0.29, 0.717) is 16.7 Å². The van der Waals surface area contributed by atoms with Crippen molar-refractivity contribution in [2.75, 3.05) is 5.73 Å². The van der Waals surface area contributed by atoms with Gasteiger partial charge in [0.25, 0.3) is 25.7 Å². The van der Waals surface area contributed by atoms with Crippen LogP contribution in [0, 0.1) is 10.1 Å². The van der Waals surface area contributed by atoms with E-state index >= 15 is 0 Å². The lowest BCUT2D eigenvalue weighted by molar-refractivity contribution is -0.385. The maximum Gasteiger partial charge on any atom is 0.270 e. The van der Waals surface area contributed by atoms with E-state index in [1.807, 2.05) is 24.3 Å². The first-order valence-electron chi connectivity index (χ1n) is 11.8. The Kier molecular flexibility index (Phi) is 6.88. The normalized spacial score (nSPS) is 11.7. The summed E-state index contributed by atoms with van der Waals surface area (Å²) in [6.45, 7) is 0. The van der Waals surface area contributed by atoms with E-state index in [1.165, 1.54) is 34.4 Å². The molecule has 6 rings (SSSR count). The van der Waals surface area contributed by atoms with Gasteiger partial charge < -0.3 is 5.73 Å². The molecule has 0 saturated carbocycles. The second kappa shape index (κ2) is 10.3. The molecule has 6 aromatic rings. The van der Waals surface area contributed by atoms with E-state index < -0.39 is 25.0 Å². The van der Waals surface area contributed by atoms with Gasteiger partial charge in [0.1, 0.15) is 0 Å². The zero-order chi connectivity index (χ0) is 28.5. The molecule has 0 aliphatic heterocycles. The topological polar surface area (TPSA) is 147 Å². The van der Waals surface area contributed by atoms with Crippen molar-refractivity contribution in [3.8, 4) is 0 Å². The summed E-state index contributed by atoms with van der Waals surface area (Å²) in [7, 11) is -7.47. The number of fused-ring (bicyclic) bond motifs is 2. The van der Waals surface area contributed by atoms with Crippen molar-refractivity contribution in [3.05, 3.63) is 132 Å². The van der Waals surface area contributed by atoms with Gasteiger partial charge in [-0.15, -0.1) is 0 Å². The number of nitrogens with two attached hydrogens (primary N) is 1. The van der Waals surface area contributed by atoms with Gasteiger partial charge in [-0.2, -0.15) is 0 Å². The summed E-state index contributed by atoms with van der Waals surface area (Å²) < 4.78 is 52.8.